The number of fused-ring (bicyclic) bond motifs is 1. The highest BCUT2D eigenvalue weighted by atomic mass is 35.5. The number of hydrogen-bond donors (Lipinski definition) is 0. The molecule has 37 heavy (non-hydrogen) atoms. The zero-order valence-electron chi connectivity index (χ0n) is 20.0. The highest BCUT2D eigenvalue weighted by molar-refractivity contribution is 6.30. The maximum absolute atomic E-state index is 13.0. The molecular formula is C27H23ClN6O3. The van der Waals surface area contributed by atoms with E-state index in [2.05, 4.69) is 22.0 Å². The quantitative estimate of drug-likeness (QED) is 0.289. The zero-order chi connectivity index (χ0) is 26.1. The molecule has 1 saturated heterocycles. The summed E-state index contributed by atoms with van der Waals surface area (Å²) in [5, 5.41) is 22.1. The van der Waals surface area contributed by atoms with Crippen LogP contribution in [0.25, 0.3) is 11.0 Å². The molecule has 0 unspecified atom stereocenters. The van der Waals surface area contributed by atoms with E-state index in [1.807, 2.05) is 53.4 Å². The molecule has 2 aromatic heterocycles. The summed E-state index contributed by atoms with van der Waals surface area (Å²) in [6.07, 6.45) is 0. The van der Waals surface area contributed by atoms with Crippen LogP contribution in [-0.2, 0) is 7.05 Å². The lowest BCUT2D eigenvalue weighted by Crippen LogP contribution is -2.48. The van der Waals surface area contributed by atoms with Gasteiger partial charge < -0.3 is 9.47 Å². The number of nitrogens with zero attached hydrogens (tertiary/aromatic N) is 6. The van der Waals surface area contributed by atoms with Gasteiger partial charge >= 0.3 is 11.2 Å². The van der Waals surface area contributed by atoms with Crippen LogP contribution in [0.15, 0.2) is 71.5 Å². The van der Waals surface area contributed by atoms with Crippen molar-refractivity contribution in [1.29, 1.82) is 5.26 Å². The molecule has 0 aliphatic carbocycles. The first-order valence-electron chi connectivity index (χ1n) is 11.8. The van der Waals surface area contributed by atoms with Crippen LogP contribution < -0.4 is 10.5 Å². The molecule has 1 aliphatic rings. The molecule has 4 aromatic rings. The van der Waals surface area contributed by atoms with E-state index in [-0.39, 0.29) is 22.9 Å². The smallest absolute Gasteiger partial charge is 0.359 e. The van der Waals surface area contributed by atoms with Gasteiger partial charge in [-0.2, -0.15) is 5.26 Å². The Morgan fingerprint density at radius 3 is 2.27 bits per heavy atom. The van der Waals surface area contributed by atoms with Crippen molar-refractivity contribution in [3.8, 4) is 6.07 Å². The monoisotopic (exact) mass is 514 g/mol. The van der Waals surface area contributed by atoms with Gasteiger partial charge in [-0.05, 0) is 35.4 Å². The number of aryl methyl sites for hydroxylation is 1. The predicted octanol–water partition coefficient (Wildman–Crippen LogP) is 4.28. The highest BCUT2D eigenvalue weighted by Crippen LogP contribution is 2.35. The standard InChI is InChI=1S/C27H23ClN6O3/c1-31-22-12-11-21(17-29)30-23(22)25(26(27(31)35)34(36)37)33-15-13-32(14-16-33)24(18-5-3-2-4-6-18)19-7-9-20(28)10-8-19/h2-12,24H,13-16H2,1H3/t24-/m0/s1. The average Bonchev–Trinajstić information content (AvgIpc) is 2.92. The van der Waals surface area contributed by atoms with Crippen LogP contribution in [0.2, 0.25) is 5.02 Å². The zero-order valence-corrected chi connectivity index (χ0v) is 20.8. The molecule has 0 bridgehead atoms. The van der Waals surface area contributed by atoms with Gasteiger partial charge in [0.25, 0.3) is 0 Å². The summed E-state index contributed by atoms with van der Waals surface area (Å²) in [6.45, 7) is 2.07. The fraction of sp³-hybridized carbons (Fsp3) is 0.222. The van der Waals surface area contributed by atoms with Gasteiger partial charge in [0.2, 0.25) is 0 Å². The molecule has 10 heteroatoms. The number of hydrogen-bond acceptors (Lipinski definition) is 7. The van der Waals surface area contributed by atoms with Gasteiger partial charge in [-0.3, -0.25) is 19.8 Å². The second kappa shape index (κ2) is 10.0. The molecule has 0 saturated carbocycles. The minimum Gasteiger partial charge on any atom is -0.361 e. The topological polar surface area (TPSA) is 108 Å². The Morgan fingerprint density at radius 2 is 1.65 bits per heavy atom. The molecule has 0 spiro atoms. The van der Waals surface area contributed by atoms with Crippen molar-refractivity contribution in [3.05, 3.63) is 109 Å². The van der Waals surface area contributed by atoms with Crippen molar-refractivity contribution in [3.63, 3.8) is 0 Å². The molecule has 0 N–H and O–H groups in total. The molecule has 1 fully saturated rings. The van der Waals surface area contributed by atoms with Crippen LogP contribution >= 0.6 is 11.6 Å². The second-order valence-corrected chi connectivity index (χ2v) is 9.32. The van der Waals surface area contributed by atoms with E-state index in [1.54, 1.807) is 6.07 Å². The number of anilines is 1. The molecule has 3 heterocycles. The molecule has 186 valence electrons. The lowest BCUT2D eigenvalue weighted by atomic mass is 9.96. The summed E-state index contributed by atoms with van der Waals surface area (Å²) in [7, 11) is 1.48. The Kier molecular flexibility index (Phi) is 6.61. The maximum Gasteiger partial charge on any atom is 0.359 e. The Hall–Kier alpha value is -4.26. The summed E-state index contributed by atoms with van der Waals surface area (Å²) in [5.74, 6) is 0. The maximum atomic E-state index is 13.0. The molecule has 0 amide bonds. The van der Waals surface area contributed by atoms with Crippen LogP contribution in [0.3, 0.4) is 0 Å². The van der Waals surface area contributed by atoms with E-state index in [4.69, 9.17) is 11.6 Å². The molecule has 1 aliphatic heterocycles. The Bertz CT molecular complexity index is 1570. The number of rotatable bonds is 5. The number of halogens is 1. The van der Waals surface area contributed by atoms with Crippen molar-refractivity contribution in [1.82, 2.24) is 14.5 Å². The van der Waals surface area contributed by atoms with Crippen LogP contribution in [-0.4, -0.2) is 45.6 Å². The van der Waals surface area contributed by atoms with E-state index in [9.17, 15) is 20.2 Å². The van der Waals surface area contributed by atoms with Crippen LogP contribution in [0.5, 0.6) is 0 Å². The first kappa shape index (κ1) is 24.4. The summed E-state index contributed by atoms with van der Waals surface area (Å²) in [5.41, 5.74) is 2.01. The predicted molar refractivity (Wildman–Crippen MR) is 142 cm³/mol. The van der Waals surface area contributed by atoms with Gasteiger partial charge in [0.1, 0.15) is 17.3 Å². The molecule has 9 nitrogen and oxygen atoms in total. The Morgan fingerprint density at radius 1 is 1.00 bits per heavy atom. The van der Waals surface area contributed by atoms with Gasteiger partial charge in [0.15, 0.2) is 5.69 Å². The van der Waals surface area contributed by atoms with E-state index in [0.29, 0.717) is 36.7 Å². The third-order valence-corrected chi connectivity index (χ3v) is 7.04. The van der Waals surface area contributed by atoms with Crippen LogP contribution in [0.4, 0.5) is 11.4 Å². The summed E-state index contributed by atoms with van der Waals surface area (Å²) >= 11 is 6.14. The van der Waals surface area contributed by atoms with Crippen molar-refractivity contribution in [2.75, 3.05) is 31.1 Å². The SMILES string of the molecule is Cn1c(=O)c([N+](=O)[O-])c(N2CCN([C@@H](c3ccccc3)c3ccc(Cl)cc3)CC2)c2nc(C#N)ccc21. The molecular weight excluding hydrogens is 492 g/mol. The van der Waals surface area contributed by atoms with E-state index >= 15 is 0 Å². The number of nitriles is 1. The van der Waals surface area contributed by atoms with Gasteiger partial charge in [-0.15, -0.1) is 0 Å². The lowest BCUT2D eigenvalue weighted by Gasteiger charge is -2.40. The van der Waals surface area contributed by atoms with Gasteiger partial charge in [-0.25, -0.2) is 4.98 Å². The summed E-state index contributed by atoms with van der Waals surface area (Å²) < 4.78 is 1.22. The molecule has 0 radical (unpaired) electrons. The highest BCUT2D eigenvalue weighted by Gasteiger charge is 2.33. The first-order chi connectivity index (χ1) is 17.9. The molecule has 1 atom stereocenters. The third-order valence-electron chi connectivity index (χ3n) is 6.78. The normalized spacial score (nSPS) is 14.9. The van der Waals surface area contributed by atoms with Gasteiger partial charge in [-0.1, -0.05) is 54.1 Å². The van der Waals surface area contributed by atoms with Crippen molar-refractivity contribution < 1.29 is 4.92 Å². The minimum atomic E-state index is -0.704. The van der Waals surface area contributed by atoms with E-state index in [0.717, 1.165) is 11.1 Å². The Labute approximate surface area is 217 Å². The Balaban J connectivity index is 1.54. The molecule has 5 rings (SSSR count). The number of piperazine rings is 1. The summed E-state index contributed by atoms with van der Waals surface area (Å²) in [4.78, 5) is 32.9. The van der Waals surface area contributed by atoms with Crippen molar-refractivity contribution in [2.45, 2.75) is 6.04 Å². The van der Waals surface area contributed by atoms with Crippen LogP contribution in [0.1, 0.15) is 22.9 Å². The minimum absolute atomic E-state index is 0.0284. The number of nitro groups is 1. The van der Waals surface area contributed by atoms with Crippen molar-refractivity contribution >= 4 is 34.0 Å². The van der Waals surface area contributed by atoms with Gasteiger partial charge in [0, 0.05) is 38.2 Å². The van der Waals surface area contributed by atoms with Gasteiger partial charge in [0.05, 0.1) is 16.5 Å². The number of benzene rings is 2. The molecule has 2 aromatic carbocycles. The number of pyridine rings is 2. The fourth-order valence-electron chi connectivity index (χ4n) is 5.00. The van der Waals surface area contributed by atoms with Crippen molar-refractivity contribution in [2.24, 2.45) is 7.05 Å². The van der Waals surface area contributed by atoms with E-state index in [1.165, 1.54) is 17.7 Å². The average molecular weight is 515 g/mol. The fourth-order valence-corrected chi connectivity index (χ4v) is 5.13. The summed E-state index contributed by atoms with van der Waals surface area (Å²) in [6, 6.07) is 23.0. The van der Waals surface area contributed by atoms with Crippen LogP contribution in [0, 0.1) is 21.4 Å². The third kappa shape index (κ3) is 4.53. The number of aromatic nitrogens is 2. The lowest BCUT2D eigenvalue weighted by molar-refractivity contribution is -0.385. The second-order valence-electron chi connectivity index (χ2n) is 8.88. The first-order valence-corrected chi connectivity index (χ1v) is 12.1. The van der Waals surface area contributed by atoms with E-state index < -0.39 is 16.2 Å². The largest absolute Gasteiger partial charge is 0.361 e.